The molecule has 4 aromatic carbocycles. The number of hydrogen-bond donors (Lipinski definition) is 0. The molecule has 0 N–H and O–H groups in total. The van der Waals surface area contributed by atoms with Gasteiger partial charge in [0.2, 0.25) is 0 Å². The second-order valence-electron chi connectivity index (χ2n) is 6.49. The second kappa shape index (κ2) is 8.32. The van der Waals surface area contributed by atoms with Gasteiger partial charge in [0.25, 0.3) is 0 Å². The van der Waals surface area contributed by atoms with E-state index in [4.69, 9.17) is 5.11 Å². The molecule has 0 heterocycles. The minimum atomic E-state index is -0.730. The van der Waals surface area contributed by atoms with Crippen molar-refractivity contribution in [2.75, 3.05) is 0 Å². The molecule has 4 aromatic rings. The summed E-state index contributed by atoms with van der Waals surface area (Å²) in [5, 5.41) is 9.65. The maximum Gasteiger partial charge on any atom is 0.157 e. The van der Waals surface area contributed by atoms with Crippen molar-refractivity contribution in [3.8, 4) is 0 Å². The Labute approximate surface area is 173 Å². The molecule has 0 radical (unpaired) electrons. The maximum absolute atomic E-state index is 4.98. The van der Waals surface area contributed by atoms with E-state index in [1.54, 1.807) is 0 Å². The molecular formula is C25H19BrN2. The highest BCUT2D eigenvalue weighted by Crippen LogP contribution is 2.41. The molecule has 28 heavy (non-hydrogen) atoms. The first kappa shape index (κ1) is 18.3. The second-order valence-corrected chi connectivity index (χ2v) is 7.40. The van der Waals surface area contributed by atoms with E-state index in [9.17, 15) is 0 Å². The van der Waals surface area contributed by atoms with Gasteiger partial charge in [0.05, 0.1) is 5.69 Å². The lowest BCUT2D eigenvalue weighted by molar-refractivity contribution is 0.618. The molecule has 0 aromatic heterocycles. The minimum absolute atomic E-state index is 0.730. The zero-order valence-corrected chi connectivity index (χ0v) is 16.8. The van der Waals surface area contributed by atoms with E-state index in [1.807, 2.05) is 78.9 Å². The van der Waals surface area contributed by atoms with Crippen LogP contribution < -0.4 is 0 Å². The van der Waals surface area contributed by atoms with Gasteiger partial charge in [-0.25, -0.2) is 0 Å². The molecule has 0 aliphatic rings. The molecule has 2 nitrogen and oxygen atoms in total. The molecule has 0 saturated heterocycles. The Hall–Kier alpha value is -3.04. The third kappa shape index (κ3) is 3.67. The Morgan fingerprint density at radius 1 is 0.536 bits per heavy atom. The molecule has 0 spiro atoms. The summed E-state index contributed by atoms with van der Waals surface area (Å²) in [7, 11) is 0. The third-order valence-electron chi connectivity index (χ3n) is 4.70. The summed E-state index contributed by atoms with van der Waals surface area (Å²) in [4.78, 5) is 0. The van der Waals surface area contributed by atoms with Crippen LogP contribution in [-0.4, -0.2) is 0 Å². The van der Waals surface area contributed by atoms with Crippen LogP contribution in [0.25, 0.3) is 0 Å². The molecule has 0 saturated carbocycles. The number of halogens is 1. The van der Waals surface area contributed by atoms with E-state index in [0.717, 1.165) is 26.9 Å². The summed E-state index contributed by atoms with van der Waals surface area (Å²) < 4.78 is 0.980. The third-order valence-corrected chi connectivity index (χ3v) is 5.19. The quantitative estimate of drug-likeness (QED) is 0.232. The van der Waals surface area contributed by atoms with Gasteiger partial charge in [-0.1, -0.05) is 113 Å². The molecule has 0 fully saturated rings. The van der Waals surface area contributed by atoms with E-state index < -0.39 is 5.54 Å². The first-order valence-electron chi connectivity index (χ1n) is 9.14. The fraction of sp³-hybridized carbons (Fsp3) is 0.0400. The van der Waals surface area contributed by atoms with Crippen molar-refractivity contribution < 1.29 is 0 Å². The summed E-state index contributed by atoms with van der Waals surface area (Å²) in [6.45, 7) is 0. The molecular weight excluding hydrogens is 408 g/mol. The molecule has 0 bridgehead atoms. The first-order valence-corrected chi connectivity index (χ1v) is 9.93. The van der Waals surface area contributed by atoms with E-state index in [-0.39, 0.29) is 0 Å². The van der Waals surface area contributed by atoms with Gasteiger partial charge in [0.1, 0.15) is 0 Å². The number of rotatable bonds is 5. The highest BCUT2D eigenvalue weighted by atomic mass is 79.9. The minimum Gasteiger partial charge on any atom is -0.167 e. The summed E-state index contributed by atoms with van der Waals surface area (Å²) in [6, 6.07) is 38.9. The first-order chi connectivity index (χ1) is 13.8. The van der Waals surface area contributed by atoms with Crippen LogP contribution in [0.1, 0.15) is 16.7 Å². The van der Waals surface area contributed by atoms with E-state index >= 15 is 0 Å². The van der Waals surface area contributed by atoms with Crippen LogP contribution in [0.4, 0.5) is 5.69 Å². The van der Waals surface area contributed by atoms with Crippen molar-refractivity contribution in [2.24, 2.45) is 10.2 Å². The molecule has 3 heteroatoms. The fourth-order valence-electron chi connectivity index (χ4n) is 3.38. The Balaban J connectivity index is 1.98. The standard InChI is InChI=1S/C25H19BrN2/c26-23-17-10-18-24(19-23)27-28-25(20-11-4-1-5-12-20,21-13-6-2-7-14-21)22-15-8-3-9-16-22/h1-19H/b28-27+. The zero-order valence-electron chi connectivity index (χ0n) is 15.2. The Bertz CT molecular complexity index is 965. The molecule has 0 amide bonds. The number of azo groups is 1. The Morgan fingerprint density at radius 3 is 1.43 bits per heavy atom. The van der Waals surface area contributed by atoms with E-state index in [2.05, 4.69) is 57.4 Å². The lowest BCUT2D eigenvalue weighted by Gasteiger charge is -2.30. The van der Waals surface area contributed by atoms with Gasteiger partial charge in [-0.3, -0.25) is 0 Å². The smallest absolute Gasteiger partial charge is 0.157 e. The summed E-state index contributed by atoms with van der Waals surface area (Å²) >= 11 is 3.52. The average Bonchev–Trinajstić information content (AvgIpc) is 2.77. The van der Waals surface area contributed by atoms with E-state index in [1.165, 1.54) is 0 Å². The van der Waals surface area contributed by atoms with Gasteiger partial charge < -0.3 is 0 Å². The van der Waals surface area contributed by atoms with Gasteiger partial charge in [-0.15, -0.1) is 0 Å². The zero-order chi connectivity index (χ0) is 19.2. The van der Waals surface area contributed by atoms with Crippen molar-refractivity contribution in [3.05, 3.63) is 136 Å². The highest BCUT2D eigenvalue weighted by Gasteiger charge is 2.36. The maximum atomic E-state index is 4.98. The Kier molecular flexibility index (Phi) is 5.45. The lowest BCUT2D eigenvalue weighted by atomic mass is 9.78. The van der Waals surface area contributed by atoms with E-state index in [0.29, 0.717) is 0 Å². The Morgan fingerprint density at radius 2 is 1.00 bits per heavy atom. The monoisotopic (exact) mass is 426 g/mol. The summed E-state index contributed by atoms with van der Waals surface area (Å²) in [6.07, 6.45) is 0. The van der Waals surface area contributed by atoms with Crippen LogP contribution in [0.15, 0.2) is 130 Å². The lowest BCUT2D eigenvalue weighted by Crippen LogP contribution is -2.26. The van der Waals surface area contributed by atoms with Crippen molar-refractivity contribution in [1.82, 2.24) is 0 Å². The molecule has 4 rings (SSSR count). The predicted molar refractivity (Wildman–Crippen MR) is 118 cm³/mol. The SMILES string of the molecule is Brc1cccc(/N=N/C(c2ccccc2)(c2ccccc2)c2ccccc2)c1. The summed E-state index contributed by atoms with van der Waals surface area (Å²) in [5.41, 5.74) is 3.30. The van der Waals surface area contributed by atoms with Crippen molar-refractivity contribution in [2.45, 2.75) is 5.54 Å². The summed E-state index contributed by atoms with van der Waals surface area (Å²) in [5.74, 6) is 0. The largest absolute Gasteiger partial charge is 0.167 e. The number of benzene rings is 4. The topological polar surface area (TPSA) is 24.7 Å². The van der Waals surface area contributed by atoms with Crippen molar-refractivity contribution in [3.63, 3.8) is 0 Å². The normalized spacial score (nSPS) is 11.6. The van der Waals surface area contributed by atoms with Crippen LogP contribution in [0.3, 0.4) is 0 Å². The number of nitrogens with zero attached hydrogens (tertiary/aromatic N) is 2. The highest BCUT2D eigenvalue weighted by molar-refractivity contribution is 9.10. The van der Waals surface area contributed by atoms with Gasteiger partial charge in [-0.2, -0.15) is 10.2 Å². The molecule has 0 unspecified atom stereocenters. The average molecular weight is 427 g/mol. The molecule has 0 aliphatic carbocycles. The number of hydrogen-bond acceptors (Lipinski definition) is 2. The molecule has 0 atom stereocenters. The van der Waals surface area contributed by atoms with Crippen LogP contribution in [-0.2, 0) is 5.54 Å². The predicted octanol–water partition coefficient (Wildman–Crippen LogP) is 7.52. The van der Waals surface area contributed by atoms with Gasteiger partial charge in [0.15, 0.2) is 5.54 Å². The molecule has 0 aliphatic heterocycles. The van der Waals surface area contributed by atoms with Gasteiger partial charge in [0, 0.05) is 4.47 Å². The van der Waals surface area contributed by atoms with Gasteiger partial charge >= 0.3 is 0 Å². The van der Waals surface area contributed by atoms with Crippen molar-refractivity contribution in [1.29, 1.82) is 0 Å². The molecule has 136 valence electrons. The van der Waals surface area contributed by atoms with Crippen LogP contribution in [0, 0.1) is 0 Å². The van der Waals surface area contributed by atoms with Crippen LogP contribution in [0.5, 0.6) is 0 Å². The van der Waals surface area contributed by atoms with Crippen LogP contribution in [0.2, 0.25) is 0 Å². The fourth-order valence-corrected chi connectivity index (χ4v) is 3.77. The van der Waals surface area contributed by atoms with Crippen LogP contribution >= 0.6 is 15.9 Å². The van der Waals surface area contributed by atoms with Crippen molar-refractivity contribution >= 4 is 21.6 Å². The van der Waals surface area contributed by atoms with Gasteiger partial charge in [-0.05, 0) is 34.9 Å².